The Morgan fingerprint density at radius 1 is 0.920 bits per heavy atom. The van der Waals surface area contributed by atoms with Crippen LogP contribution in [-0.2, 0) is 9.59 Å². The zero-order valence-corrected chi connectivity index (χ0v) is 15.8. The monoisotopic (exact) mass is 345 g/mol. The first-order chi connectivity index (χ1) is 12.1. The Kier molecular flexibility index (Phi) is 7.29. The lowest BCUT2D eigenvalue weighted by molar-refractivity contribution is -0.131. The summed E-state index contributed by atoms with van der Waals surface area (Å²) in [6, 6.07) is 7.92. The number of rotatable bonds is 6. The third-order valence-electron chi connectivity index (χ3n) is 4.92. The maximum atomic E-state index is 12.6. The van der Waals surface area contributed by atoms with Crippen molar-refractivity contribution in [3.05, 3.63) is 24.3 Å². The number of anilines is 2. The van der Waals surface area contributed by atoms with E-state index in [9.17, 15) is 9.59 Å². The van der Waals surface area contributed by atoms with E-state index in [1.807, 2.05) is 29.2 Å². The van der Waals surface area contributed by atoms with Crippen LogP contribution in [0.25, 0.3) is 0 Å². The van der Waals surface area contributed by atoms with Gasteiger partial charge in [-0.2, -0.15) is 0 Å². The fourth-order valence-electron chi connectivity index (χ4n) is 3.37. The molecule has 138 valence electrons. The molecular weight excluding hydrogens is 314 g/mol. The summed E-state index contributed by atoms with van der Waals surface area (Å²) in [5.74, 6) is -0.0521. The second-order valence-corrected chi connectivity index (χ2v) is 6.59. The summed E-state index contributed by atoms with van der Waals surface area (Å²) in [5, 5.41) is 0. The van der Waals surface area contributed by atoms with Crippen molar-refractivity contribution >= 4 is 23.2 Å². The zero-order chi connectivity index (χ0) is 18.2. The van der Waals surface area contributed by atoms with E-state index < -0.39 is 0 Å². The van der Waals surface area contributed by atoms with Crippen molar-refractivity contribution in [2.45, 2.75) is 46.5 Å². The summed E-state index contributed by atoms with van der Waals surface area (Å²) >= 11 is 0. The summed E-state index contributed by atoms with van der Waals surface area (Å²) in [5.41, 5.74) is 1.92. The Hall–Kier alpha value is -2.04. The molecule has 1 aromatic rings. The molecule has 0 N–H and O–H groups in total. The molecule has 0 saturated carbocycles. The zero-order valence-electron chi connectivity index (χ0n) is 15.8. The van der Waals surface area contributed by atoms with Gasteiger partial charge in [-0.05, 0) is 51.0 Å². The van der Waals surface area contributed by atoms with Crippen LogP contribution >= 0.6 is 0 Å². The molecule has 2 amide bonds. The normalized spacial score (nSPS) is 14.8. The van der Waals surface area contributed by atoms with E-state index in [0.29, 0.717) is 0 Å². The lowest BCUT2D eigenvalue weighted by Crippen LogP contribution is -2.42. The highest BCUT2D eigenvalue weighted by atomic mass is 16.2. The minimum atomic E-state index is -0.0984. The first-order valence-corrected chi connectivity index (χ1v) is 9.47. The Balaban J connectivity index is 2.09. The van der Waals surface area contributed by atoms with E-state index in [0.717, 1.165) is 50.4 Å². The van der Waals surface area contributed by atoms with E-state index in [1.165, 1.54) is 19.8 Å². The summed E-state index contributed by atoms with van der Waals surface area (Å²) in [7, 11) is 0. The average molecular weight is 345 g/mol. The van der Waals surface area contributed by atoms with Gasteiger partial charge in [0.25, 0.3) is 0 Å². The molecule has 5 nitrogen and oxygen atoms in total. The second-order valence-electron chi connectivity index (χ2n) is 6.59. The fourth-order valence-corrected chi connectivity index (χ4v) is 3.37. The van der Waals surface area contributed by atoms with Crippen molar-refractivity contribution in [2.75, 3.05) is 42.5 Å². The standard InChI is InChI=1S/C20H31N3O2/c1-4-21(5-2)18-10-12-19(13-11-18)23(17(3)24)16-20(25)22-14-8-6-7-9-15-22/h10-13H,4-9,14-16H2,1-3H3. The third kappa shape index (κ3) is 5.21. The van der Waals surface area contributed by atoms with Crippen molar-refractivity contribution < 1.29 is 9.59 Å². The van der Waals surface area contributed by atoms with Gasteiger partial charge in [0.05, 0.1) is 0 Å². The third-order valence-corrected chi connectivity index (χ3v) is 4.92. The minimum absolute atomic E-state index is 0.0462. The summed E-state index contributed by atoms with van der Waals surface area (Å²) < 4.78 is 0. The van der Waals surface area contributed by atoms with Crippen LogP contribution in [0.2, 0.25) is 0 Å². The molecule has 25 heavy (non-hydrogen) atoms. The van der Waals surface area contributed by atoms with E-state index >= 15 is 0 Å². The molecular formula is C20H31N3O2. The molecule has 0 bridgehead atoms. The van der Waals surface area contributed by atoms with Crippen LogP contribution in [0.3, 0.4) is 0 Å². The van der Waals surface area contributed by atoms with Crippen molar-refractivity contribution in [1.82, 2.24) is 4.90 Å². The summed E-state index contributed by atoms with van der Waals surface area (Å²) in [6.07, 6.45) is 4.49. The number of hydrogen-bond donors (Lipinski definition) is 0. The summed E-state index contributed by atoms with van der Waals surface area (Å²) in [4.78, 5) is 30.5. The van der Waals surface area contributed by atoms with Gasteiger partial charge < -0.3 is 14.7 Å². The maximum Gasteiger partial charge on any atom is 0.242 e. The molecule has 0 atom stereocenters. The molecule has 2 rings (SSSR count). The van der Waals surface area contributed by atoms with Gasteiger partial charge in [-0.15, -0.1) is 0 Å². The molecule has 0 unspecified atom stereocenters. The van der Waals surface area contributed by atoms with Crippen LogP contribution in [0.4, 0.5) is 11.4 Å². The van der Waals surface area contributed by atoms with Crippen LogP contribution in [0.5, 0.6) is 0 Å². The minimum Gasteiger partial charge on any atom is -0.372 e. The highest BCUT2D eigenvalue weighted by molar-refractivity contribution is 5.97. The van der Waals surface area contributed by atoms with Crippen molar-refractivity contribution in [1.29, 1.82) is 0 Å². The smallest absolute Gasteiger partial charge is 0.242 e. The first-order valence-electron chi connectivity index (χ1n) is 9.47. The molecule has 1 aliphatic rings. The molecule has 1 aromatic carbocycles. The van der Waals surface area contributed by atoms with Gasteiger partial charge in [0.2, 0.25) is 11.8 Å². The van der Waals surface area contributed by atoms with Crippen LogP contribution in [0.15, 0.2) is 24.3 Å². The Bertz CT molecular complexity index is 559. The molecule has 1 saturated heterocycles. The Morgan fingerprint density at radius 2 is 1.44 bits per heavy atom. The molecule has 5 heteroatoms. The van der Waals surface area contributed by atoms with Gasteiger partial charge >= 0.3 is 0 Å². The number of nitrogens with zero attached hydrogens (tertiary/aromatic N) is 3. The van der Waals surface area contributed by atoms with Crippen LogP contribution < -0.4 is 9.80 Å². The number of benzene rings is 1. The van der Waals surface area contributed by atoms with Crippen molar-refractivity contribution in [2.24, 2.45) is 0 Å². The number of hydrogen-bond acceptors (Lipinski definition) is 3. The highest BCUT2D eigenvalue weighted by Gasteiger charge is 2.21. The first kappa shape index (κ1) is 19.3. The van der Waals surface area contributed by atoms with Crippen LogP contribution in [0, 0.1) is 0 Å². The lowest BCUT2D eigenvalue weighted by atomic mass is 10.2. The van der Waals surface area contributed by atoms with E-state index in [1.54, 1.807) is 4.90 Å². The van der Waals surface area contributed by atoms with Gasteiger partial charge in [0, 0.05) is 44.5 Å². The SMILES string of the molecule is CCN(CC)c1ccc(N(CC(=O)N2CCCCCC2)C(C)=O)cc1. The van der Waals surface area contributed by atoms with Gasteiger partial charge in [0.1, 0.15) is 6.54 Å². The Labute approximate surface area is 151 Å². The number of amides is 2. The average Bonchev–Trinajstić information content (AvgIpc) is 2.90. The maximum absolute atomic E-state index is 12.6. The van der Waals surface area contributed by atoms with Crippen molar-refractivity contribution in [3.8, 4) is 0 Å². The Morgan fingerprint density at radius 3 is 1.92 bits per heavy atom. The fraction of sp³-hybridized carbons (Fsp3) is 0.600. The molecule has 0 aliphatic carbocycles. The van der Waals surface area contributed by atoms with Gasteiger partial charge in [-0.1, -0.05) is 12.8 Å². The lowest BCUT2D eigenvalue weighted by Gasteiger charge is -2.27. The molecule has 1 heterocycles. The largest absolute Gasteiger partial charge is 0.372 e. The van der Waals surface area contributed by atoms with E-state index in [2.05, 4.69) is 18.7 Å². The van der Waals surface area contributed by atoms with Gasteiger partial charge in [-0.3, -0.25) is 9.59 Å². The number of likely N-dealkylation sites (tertiary alicyclic amines) is 1. The highest BCUT2D eigenvalue weighted by Crippen LogP contribution is 2.21. The second kappa shape index (κ2) is 9.44. The van der Waals surface area contributed by atoms with E-state index in [4.69, 9.17) is 0 Å². The quantitative estimate of drug-likeness (QED) is 0.795. The van der Waals surface area contributed by atoms with Gasteiger partial charge in [0.15, 0.2) is 0 Å². The van der Waals surface area contributed by atoms with Crippen LogP contribution in [-0.4, -0.2) is 49.4 Å². The predicted molar refractivity (Wildman–Crippen MR) is 103 cm³/mol. The van der Waals surface area contributed by atoms with Gasteiger partial charge in [-0.25, -0.2) is 0 Å². The van der Waals surface area contributed by atoms with Crippen LogP contribution in [0.1, 0.15) is 46.5 Å². The molecule has 0 aromatic heterocycles. The van der Waals surface area contributed by atoms with E-state index in [-0.39, 0.29) is 18.4 Å². The van der Waals surface area contributed by atoms with Crippen molar-refractivity contribution in [3.63, 3.8) is 0 Å². The number of carbonyl (C=O) groups is 2. The number of carbonyl (C=O) groups excluding carboxylic acids is 2. The summed E-state index contributed by atoms with van der Waals surface area (Å²) in [6.45, 7) is 9.41. The molecule has 1 aliphatic heterocycles. The predicted octanol–water partition coefficient (Wildman–Crippen LogP) is 3.29. The molecule has 0 radical (unpaired) electrons. The molecule has 1 fully saturated rings. The molecule has 0 spiro atoms. The topological polar surface area (TPSA) is 43.9 Å².